The summed E-state index contributed by atoms with van der Waals surface area (Å²) in [6, 6.07) is 0. The monoisotopic (exact) mass is 618 g/mol. The SMILES string of the molecule is CCCS(CCC)=P([O-])([O-])[S-].CCCS(CCC)=P([O-])([O-])[S-].[Zn+2].[Zn+2].[Zn+2]. The molecule has 0 heterocycles. The first-order chi connectivity index (χ1) is 10.0. The molecule has 0 aromatic heterocycles. The summed E-state index contributed by atoms with van der Waals surface area (Å²) in [6.45, 7) is 7.95. The maximum Gasteiger partial charge on any atom is 2.00 e. The van der Waals surface area contributed by atoms with E-state index in [1.165, 1.54) is 0 Å². The van der Waals surface area contributed by atoms with Crippen LogP contribution >= 0.6 is 11.4 Å². The zero-order valence-electron chi connectivity index (χ0n) is 15.9. The summed E-state index contributed by atoms with van der Waals surface area (Å²) in [7, 11) is -1.05. The Labute approximate surface area is 208 Å². The van der Waals surface area contributed by atoms with Gasteiger partial charge in [0, 0.05) is 0 Å². The second kappa shape index (κ2) is 22.7. The Bertz CT molecular complexity index is 347. The molecule has 0 saturated heterocycles. The van der Waals surface area contributed by atoms with Gasteiger partial charge in [-0.25, -0.2) is 20.1 Å². The van der Waals surface area contributed by atoms with Crippen molar-refractivity contribution in [2.45, 2.75) is 53.4 Å². The molecule has 140 valence electrons. The predicted molar refractivity (Wildman–Crippen MR) is 104 cm³/mol. The average molecular weight is 623 g/mol. The number of hydrogen-bond donors (Lipinski definition) is 0. The van der Waals surface area contributed by atoms with Gasteiger partial charge in [-0.3, -0.25) is 0 Å². The largest absolute Gasteiger partial charge is 2.00 e. The molecule has 0 fully saturated rings. The summed E-state index contributed by atoms with van der Waals surface area (Å²) in [5, 5.41) is 0. The molecule has 0 aromatic carbocycles. The van der Waals surface area contributed by atoms with Gasteiger partial charge in [-0.2, -0.15) is 0 Å². The molecule has 0 amide bonds. The van der Waals surface area contributed by atoms with Gasteiger partial charge in [-0.15, -0.1) is 0 Å². The Morgan fingerprint density at radius 3 is 0.800 bits per heavy atom. The van der Waals surface area contributed by atoms with Crippen LogP contribution in [-0.4, -0.2) is 23.0 Å². The molecule has 0 aromatic rings. The van der Waals surface area contributed by atoms with E-state index in [9.17, 15) is 19.6 Å². The van der Waals surface area contributed by atoms with E-state index in [2.05, 4.69) is 24.5 Å². The predicted octanol–water partition coefficient (Wildman–Crippen LogP) is 0.732. The van der Waals surface area contributed by atoms with Crippen LogP contribution in [-0.2, 0) is 103 Å². The van der Waals surface area contributed by atoms with E-state index in [1.807, 2.05) is 27.7 Å². The van der Waals surface area contributed by atoms with Crippen LogP contribution in [0.5, 0.6) is 0 Å². The summed E-state index contributed by atoms with van der Waals surface area (Å²) in [5.41, 5.74) is -6.90. The summed E-state index contributed by atoms with van der Waals surface area (Å²) in [6.07, 6.45) is 3.63. The van der Waals surface area contributed by atoms with Crippen molar-refractivity contribution in [2.24, 2.45) is 0 Å². The van der Waals surface area contributed by atoms with Gasteiger partial charge in [0.2, 0.25) is 0 Å². The number of rotatable bonds is 8. The Balaban J connectivity index is -0.0000000952. The molecule has 0 aliphatic heterocycles. The van der Waals surface area contributed by atoms with Crippen molar-refractivity contribution >= 4 is 56.0 Å². The molecule has 0 N–H and O–H groups in total. The van der Waals surface area contributed by atoms with Crippen molar-refractivity contribution in [3.05, 3.63) is 0 Å². The maximum atomic E-state index is 11.0. The Kier molecular flexibility index (Phi) is 35.7. The summed E-state index contributed by atoms with van der Waals surface area (Å²) in [4.78, 5) is 43.9. The fraction of sp³-hybridized carbons (Fsp3) is 1.00. The van der Waals surface area contributed by atoms with Crippen LogP contribution in [0.25, 0.3) is 0 Å². The minimum absolute atomic E-state index is 0. The van der Waals surface area contributed by atoms with E-state index in [0.717, 1.165) is 48.7 Å². The average Bonchev–Trinajstić information content (AvgIpc) is 2.37. The van der Waals surface area contributed by atoms with Crippen molar-refractivity contribution in [2.75, 3.05) is 23.0 Å². The Hall–Kier alpha value is 3.97. The van der Waals surface area contributed by atoms with Gasteiger partial charge in [-0.1, -0.05) is 27.7 Å². The van der Waals surface area contributed by atoms with Crippen LogP contribution in [0.2, 0.25) is 0 Å². The van der Waals surface area contributed by atoms with Gasteiger partial charge in [0.15, 0.2) is 0 Å². The molecule has 25 heavy (non-hydrogen) atoms. The third kappa shape index (κ3) is 24.1. The zero-order chi connectivity index (χ0) is 17.8. The number of hydrogen-bond acceptors (Lipinski definition) is 6. The topological polar surface area (TPSA) is 92.2 Å². The first kappa shape index (κ1) is 39.4. The molecule has 13 heteroatoms. The third-order valence-electron chi connectivity index (χ3n) is 2.39. The molecular weight excluding hydrogens is 595 g/mol. The second-order valence-electron chi connectivity index (χ2n) is 4.64. The van der Waals surface area contributed by atoms with Gasteiger partial charge >= 0.3 is 58.4 Å². The van der Waals surface area contributed by atoms with Crippen LogP contribution in [0.3, 0.4) is 0 Å². The molecule has 0 rings (SSSR count). The van der Waals surface area contributed by atoms with Crippen molar-refractivity contribution < 1.29 is 78.0 Å². The minimum atomic E-state index is -3.45. The first-order valence-electron chi connectivity index (χ1n) is 7.44. The van der Waals surface area contributed by atoms with Gasteiger partial charge in [-0.05, 0) is 48.7 Å². The van der Waals surface area contributed by atoms with Crippen molar-refractivity contribution in [3.63, 3.8) is 0 Å². The van der Waals surface area contributed by atoms with Gasteiger partial charge in [0.1, 0.15) is 0 Å². The van der Waals surface area contributed by atoms with Crippen LogP contribution in [0.4, 0.5) is 0 Å². The van der Waals surface area contributed by atoms with E-state index in [-0.39, 0.29) is 58.4 Å². The standard InChI is InChI=1S/2C6H14O2PS2.3Zn/c2*1-3-5-11(6-4-2)9(7,8)10;;;/h2*3-6H2,1-2H3;;;/q2*-3;3*+2. The van der Waals surface area contributed by atoms with Crippen molar-refractivity contribution in [1.29, 1.82) is 0 Å². The molecule has 0 unspecified atom stereocenters. The van der Waals surface area contributed by atoms with E-state index in [4.69, 9.17) is 0 Å². The molecule has 0 aliphatic carbocycles. The maximum absolute atomic E-state index is 11.0. The smallest absolute Gasteiger partial charge is 0.854 e. The van der Waals surface area contributed by atoms with Gasteiger partial charge < -0.3 is 55.5 Å². The Morgan fingerprint density at radius 2 is 0.720 bits per heavy atom. The molecule has 0 saturated carbocycles. The van der Waals surface area contributed by atoms with Crippen LogP contribution < -0.4 is 19.6 Å². The van der Waals surface area contributed by atoms with Crippen LogP contribution in [0.1, 0.15) is 53.4 Å². The second-order valence-corrected chi connectivity index (χ2v) is 20.2. The van der Waals surface area contributed by atoms with E-state index in [0.29, 0.717) is 0 Å². The molecule has 0 radical (unpaired) electrons. The van der Waals surface area contributed by atoms with Gasteiger partial charge in [0.25, 0.3) is 0 Å². The molecule has 0 aliphatic rings. The normalized spacial score (nSPS) is 11.0. The Morgan fingerprint density at radius 1 is 0.560 bits per heavy atom. The molecular formula is C12H28O4P2S4Zn3. The quantitative estimate of drug-likeness (QED) is 0.225. The van der Waals surface area contributed by atoms with Crippen LogP contribution in [0, 0.1) is 0 Å². The van der Waals surface area contributed by atoms with Crippen LogP contribution in [0.15, 0.2) is 0 Å². The summed E-state index contributed by atoms with van der Waals surface area (Å²) in [5.74, 6) is 2.99. The van der Waals surface area contributed by atoms with Gasteiger partial charge in [0.05, 0.1) is 0 Å². The third-order valence-corrected chi connectivity index (χ3v) is 17.0. The van der Waals surface area contributed by atoms with E-state index in [1.54, 1.807) is 0 Å². The van der Waals surface area contributed by atoms with Crippen molar-refractivity contribution in [1.82, 2.24) is 0 Å². The fourth-order valence-corrected chi connectivity index (χ4v) is 12.3. The van der Waals surface area contributed by atoms with E-state index < -0.39 is 31.5 Å². The molecule has 0 atom stereocenters. The molecule has 4 nitrogen and oxygen atoms in total. The summed E-state index contributed by atoms with van der Waals surface area (Å²) >= 11 is 8.90. The first-order valence-corrected chi connectivity index (χ1v) is 17.1. The van der Waals surface area contributed by atoms with E-state index >= 15 is 0 Å². The van der Waals surface area contributed by atoms with Crippen molar-refractivity contribution in [3.8, 4) is 0 Å². The zero-order valence-corrected chi connectivity index (χ0v) is 29.9. The minimum Gasteiger partial charge on any atom is -0.854 e. The molecule has 0 spiro atoms. The summed E-state index contributed by atoms with van der Waals surface area (Å²) < 4.78 is 0. The fourth-order valence-electron chi connectivity index (χ4n) is 1.59. The molecule has 0 bridgehead atoms.